The number of halogens is 1. The fraction of sp³-hybridized carbons (Fsp3) is 0.300. The molecule has 0 bridgehead atoms. The minimum absolute atomic E-state index is 0.0955. The molecule has 12 heteroatoms. The van der Waals surface area contributed by atoms with Gasteiger partial charge in [0.05, 0.1) is 6.54 Å². The zero-order valence-electron chi connectivity index (χ0n) is 22.6. The lowest BCUT2D eigenvalue weighted by Gasteiger charge is -2.33. The first-order valence-corrected chi connectivity index (χ1v) is 16.4. The summed E-state index contributed by atoms with van der Waals surface area (Å²) in [5, 5.41) is 6.22. The average Bonchev–Trinajstić information content (AvgIpc) is 3.63. The molecule has 2 atom stereocenters. The molecule has 2 N–H and O–H groups in total. The standard InChI is InChI=1S/C30H29ClN4O5S2/c31-22-10-12-26-21(15-22)17-28(41-26)42(39,40)33-24-7-3-13-34(30(24)38)18-27(36)35-14-4-8-25(35)29(37)32-23-11-9-19-5-1-2-6-20(19)16-23/h1-2,5-6,9-12,15-17,24-25,33H,3-4,7-8,13-14,18H2,(H,32,37). The molecule has 3 heterocycles. The number of sulfonamides is 1. The molecule has 2 aliphatic heterocycles. The van der Waals surface area contributed by atoms with Gasteiger partial charge in [0.15, 0.2) is 0 Å². The van der Waals surface area contributed by atoms with Crippen LogP contribution in [0.3, 0.4) is 0 Å². The molecule has 1 aromatic heterocycles. The van der Waals surface area contributed by atoms with Gasteiger partial charge in [-0.3, -0.25) is 14.4 Å². The Hall–Kier alpha value is -3.51. The Kier molecular flexibility index (Phi) is 7.93. The normalized spacial score (nSPS) is 19.5. The van der Waals surface area contributed by atoms with Crippen LogP contribution >= 0.6 is 22.9 Å². The van der Waals surface area contributed by atoms with Crippen molar-refractivity contribution in [3.05, 3.63) is 71.8 Å². The number of likely N-dealkylation sites (tertiary alicyclic amines) is 2. The second-order valence-corrected chi connectivity index (χ2v) is 14.1. The number of benzene rings is 3. The predicted molar refractivity (Wildman–Crippen MR) is 164 cm³/mol. The average molecular weight is 625 g/mol. The SMILES string of the molecule is O=C(Nc1ccc2ccccc2c1)C1CCCN1C(=O)CN1CCCC(NS(=O)(=O)c2cc3cc(Cl)ccc3s2)C1=O. The molecule has 2 saturated heterocycles. The number of thiophene rings is 1. The van der Waals surface area contributed by atoms with Gasteiger partial charge in [0.2, 0.25) is 17.7 Å². The summed E-state index contributed by atoms with van der Waals surface area (Å²) in [6.45, 7) is 0.548. The van der Waals surface area contributed by atoms with Crippen molar-refractivity contribution in [1.82, 2.24) is 14.5 Å². The van der Waals surface area contributed by atoms with E-state index in [1.165, 1.54) is 9.80 Å². The van der Waals surface area contributed by atoms with Crippen LogP contribution in [0.25, 0.3) is 20.9 Å². The van der Waals surface area contributed by atoms with Crippen molar-refractivity contribution in [1.29, 1.82) is 0 Å². The molecule has 2 fully saturated rings. The van der Waals surface area contributed by atoms with Crippen molar-refractivity contribution in [2.75, 3.05) is 25.0 Å². The van der Waals surface area contributed by atoms with Gasteiger partial charge >= 0.3 is 0 Å². The van der Waals surface area contributed by atoms with Crippen LogP contribution < -0.4 is 10.0 Å². The Labute approximate surface area is 252 Å². The molecule has 2 aliphatic rings. The van der Waals surface area contributed by atoms with Crippen molar-refractivity contribution in [3.63, 3.8) is 0 Å². The van der Waals surface area contributed by atoms with Gasteiger partial charge in [0, 0.05) is 28.5 Å². The number of nitrogens with zero attached hydrogens (tertiary/aromatic N) is 2. The minimum Gasteiger partial charge on any atom is -0.332 e. The molecule has 4 aromatic rings. The topological polar surface area (TPSA) is 116 Å². The van der Waals surface area contributed by atoms with E-state index in [1.54, 1.807) is 24.3 Å². The van der Waals surface area contributed by atoms with E-state index in [4.69, 9.17) is 11.6 Å². The summed E-state index contributed by atoms with van der Waals surface area (Å²) in [5.74, 6) is -1.04. The second-order valence-electron chi connectivity index (χ2n) is 10.6. The predicted octanol–water partition coefficient (Wildman–Crippen LogP) is 4.61. The smallest absolute Gasteiger partial charge is 0.250 e. The molecular weight excluding hydrogens is 596 g/mol. The third kappa shape index (κ3) is 5.87. The Morgan fingerprint density at radius 2 is 1.71 bits per heavy atom. The highest BCUT2D eigenvalue weighted by molar-refractivity contribution is 7.91. The van der Waals surface area contributed by atoms with Gasteiger partial charge in [-0.2, -0.15) is 4.72 Å². The number of fused-ring (bicyclic) bond motifs is 2. The quantitative estimate of drug-likeness (QED) is 0.312. The van der Waals surface area contributed by atoms with E-state index < -0.39 is 28.0 Å². The number of hydrogen-bond acceptors (Lipinski definition) is 6. The largest absolute Gasteiger partial charge is 0.332 e. The molecule has 2 unspecified atom stereocenters. The molecule has 218 valence electrons. The van der Waals surface area contributed by atoms with Crippen molar-refractivity contribution in [2.45, 2.75) is 42.0 Å². The van der Waals surface area contributed by atoms with Crippen LogP contribution in [0.15, 0.2) is 70.9 Å². The number of carbonyl (C=O) groups is 3. The van der Waals surface area contributed by atoms with Gasteiger partial charge in [-0.25, -0.2) is 8.42 Å². The zero-order valence-corrected chi connectivity index (χ0v) is 25.0. The Morgan fingerprint density at radius 3 is 2.55 bits per heavy atom. The number of hydrogen-bond donors (Lipinski definition) is 2. The summed E-state index contributed by atoms with van der Waals surface area (Å²) in [6.07, 6.45) is 2.08. The summed E-state index contributed by atoms with van der Waals surface area (Å²) >= 11 is 7.14. The number of anilines is 1. The number of piperidine rings is 1. The number of nitrogens with one attached hydrogen (secondary N) is 2. The lowest BCUT2D eigenvalue weighted by atomic mass is 10.1. The zero-order chi connectivity index (χ0) is 29.4. The van der Waals surface area contributed by atoms with Crippen molar-refractivity contribution in [2.24, 2.45) is 0 Å². The fourth-order valence-corrected chi connectivity index (χ4v) is 8.46. The van der Waals surface area contributed by atoms with E-state index in [1.807, 2.05) is 42.5 Å². The van der Waals surface area contributed by atoms with Gasteiger partial charge in [-0.05, 0) is 78.2 Å². The van der Waals surface area contributed by atoms with Crippen LogP contribution in [0.5, 0.6) is 0 Å². The maximum Gasteiger partial charge on any atom is 0.250 e. The molecule has 3 aromatic carbocycles. The van der Waals surface area contributed by atoms with Gasteiger partial charge in [0.25, 0.3) is 10.0 Å². The first-order valence-electron chi connectivity index (χ1n) is 13.8. The maximum absolute atomic E-state index is 13.3. The van der Waals surface area contributed by atoms with Crippen LogP contribution in [-0.4, -0.2) is 67.7 Å². The van der Waals surface area contributed by atoms with Crippen molar-refractivity contribution in [3.8, 4) is 0 Å². The number of rotatable bonds is 7. The van der Waals surface area contributed by atoms with Gasteiger partial charge in [-0.15, -0.1) is 11.3 Å². The summed E-state index contributed by atoms with van der Waals surface area (Å²) < 4.78 is 29.7. The van der Waals surface area contributed by atoms with E-state index in [-0.39, 0.29) is 22.6 Å². The van der Waals surface area contributed by atoms with Crippen molar-refractivity contribution >= 4 is 77.2 Å². The van der Waals surface area contributed by atoms with E-state index in [0.29, 0.717) is 54.9 Å². The number of amides is 3. The minimum atomic E-state index is -3.97. The molecule has 9 nitrogen and oxygen atoms in total. The van der Waals surface area contributed by atoms with E-state index in [2.05, 4.69) is 10.0 Å². The highest BCUT2D eigenvalue weighted by atomic mass is 35.5. The molecule has 0 aliphatic carbocycles. The fourth-order valence-electron chi connectivity index (χ4n) is 5.66. The van der Waals surface area contributed by atoms with E-state index in [9.17, 15) is 22.8 Å². The highest BCUT2D eigenvalue weighted by Gasteiger charge is 2.38. The molecule has 0 radical (unpaired) electrons. The van der Waals surface area contributed by atoms with Crippen molar-refractivity contribution < 1.29 is 22.8 Å². The van der Waals surface area contributed by atoms with Crippen LogP contribution in [0.4, 0.5) is 5.69 Å². The van der Waals surface area contributed by atoms with E-state index in [0.717, 1.165) is 26.8 Å². The monoisotopic (exact) mass is 624 g/mol. The lowest BCUT2D eigenvalue weighted by molar-refractivity contribution is -0.144. The molecule has 42 heavy (non-hydrogen) atoms. The van der Waals surface area contributed by atoms with Gasteiger partial charge in [0.1, 0.15) is 16.3 Å². The molecule has 3 amide bonds. The molecule has 0 saturated carbocycles. The third-order valence-corrected chi connectivity index (χ3v) is 11.1. The summed E-state index contributed by atoms with van der Waals surface area (Å²) in [5.41, 5.74) is 0.654. The van der Waals surface area contributed by atoms with Crippen LogP contribution in [0.2, 0.25) is 5.02 Å². The first kappa shape index (κ1) is 28.6. The lowest BCUT2D eigenvalue weighted by Crippen LogP contribution is -2.55. The summed E-state index contributed by atoms with van der Waals surface area (Å²) in [6, 6.07) is 18.6. The van der Waals surface area contributed by atoms with Crippen LogP contribution in [0, 0.1) is 0 Å². The molecule has 6 rings (SSSR count). The highest BCUT2D eigenvalue weighted by Crippen LogP contribution is 2.31. The maximum atomic E-state index is 13.3. The molecule has 0 spiro atoms. The Morgan fingerprint density at radius 1 is 0.929 bits per heavy atom. The Balaban J connectivity index is 1.10. The van der Waals surface area contributed by atoms with E-state index >= 15 is 0 Å². The number of carbonyl (C=O) groups excluding carboxylic acids is 3. The van der Waals surface area contributed by atoms with Gasteiger partial charge in [-0.1, -0.05) is 41.9 Å². The first-order chi connectivity index (χ1) is 20.2. The second kappa shape index (κ2) is 11.6. The van der Waals surface area contributed by atoms with Crippen LogP contribution in [-0.2, 0) is 24.4 Å². The Bertz CT molecular complexity index is 1810. The summed E-state index contributed by atoms with van der Waals surface area (Å²) in [7, 11) is -3.97. The third-order valence-electron chi connectivity index (χ3n) is 7.77. The van der Waals surface area contributed by atoms with Gasteiger partial charge < -0.3 is 15.1 Å². The summed E-state index contributed by atoms with van der Waals surface area (Å²) in [4.78, 5) is 42.7. The van der Waals surface area contributed by atoms with Crippen LogP contribution in [0.1, 0.15) is 25.7 Å². The molecular formula is C30H29ClN4O5S2.